The van der Waals surface area contributed by atoms with Crippen molar-refractivity contribution in [2.45, 2.75) is 18.9 Å². The molecule has 0 aromatic heterocycles. The van der Waals surface area contributed by atoms with Gasteiger partial charge >= 0.3 is 5.97 Å². The van der Waals surface area contributed by atoms with Gasteiger partial charge in [-0.3, -0.25) is 5.32 Å². The molecule has 1 aromatic carbocycles. The molecule has 1 unspecified atom stereocenters. The van der Waals surface area contributed by atoms with Crippen LogP contribution in [0.5, 0.6) is 5.75 Å². The number of nitrogens with zero attached hydrogens (tertiary/aromatic N) is 3. The first-order chi connectivity index (χ1) is 9.60. The molecule has 0 heterocycles. The van der Waals surface area contributed by atoms with E-state index in [1.165, 1.54) is 0 Å². The van der Waals surface area contributed by atoms with Crippen LogP contribution in [0.15, 0.2) is 29.4 Å². The van der Waals surface area contributed by atoms with Crippen LogP contribution in [-0.4, -0.2) is 31.3 Å². The van der Waals surface area contributed by atoms with Crippen molar-refractivity contribution in [1.29, 1.82) is 0 Å². The summed E-state index contributed by atoms with van der Waals surface area (Å²) in [7, 11) is 1.55. The van der Waals surface area contributed by atoms with Gasteiger partial charge in [0.1, 0.15) is 11.3 Å². The Morgan fingerprint density at radius 2 is 2.15 bits per heavy atom. The molecule has 0 aliphatic rings. The van der Waals surface area contributed by atoms with E-state index in [-0.39, 0.29) is 13.1 Å². The number of hydrogen-bond donors (Lipinski definition) is 2. The molecule has 0 radical (unpaired) electrons. The van der Waals surface area contributed by atoms with Crippen molar-refractivity contribution in [1.82, 2.24) is 5.32 Å². The lowest BCUT2D eigenvalue weighted by Crippen LogP contribution is -2.49. The van der Waals surface area contributed by atoms with Crippen LogP contribution in [-0.2, 0) is 10.3 Å². The van der Waals surface area contributed by atoms with Gasteiger partial charge in [-0.2, -0.15) is 0 Å². The summed E-state index contributed by atoms with van der Waals surface area (Å²) in [4.78, 5) is 14.3. The third kappa shape index (κ3) is 3.40. The van der Waals surface area contributed by atoms with E-state index in [1.54, 1.807) is 38.3 Å². The highest BCUT2D eigenvalue weighted by Crippen LogP contribution is 2.27. The van der Waals surface area contributed by atoms with Crippen molar-refractivity contribution in [3.05, 3.63) is 40.3 Å². The van der Waals surface area contributed by atoms with Gasteiger partial charge in [0.15, 0.2) is 0 Å². The van der Waals surface area contributed by atoms with Gasteiger partial charge in [-0.15, -0.1) is 0 Å². The highest BCUT2D eigenvalue weighted by atomic mass is 16.5. The van der Waals surface area contributed by atoms with Crippen molar-refractivity contribution in [2.24, 2.45) is 5.11 Å². The minimum atomic E-state index is -1.20. The number of hydrogen-bond acceptors (Lipinski definition) is 4. The fraction of sp³-hybridized carbons (Fsp3) is 0.462. The van der Waals surface area contributed by atoms with Crippen molar-refractivity contribution in [2.75, 3.05) is 20.2 Å². The number of carboxylic acid groups (broad SMARTS) is 1. The van der Waals surface area contributed by atoms with E-state index in [0.29, 0.717) is 17.7 Å². The SMILES string of the molecule is CCC(NCCN=[N+]=[N-])(C(=O)O)c1ccc(OC)cc1. The normalized spacial score (nSPS) is 13.1. The Balaban J connectivity index is 3.02. The zero-order chi connectivity index (χ0) is 15.0. The van der Waals surface area contributed by atoms with Gasteiger partial charge < -0.3 is 9.84 Å². The summed E-state index contributed by atoms with van der Waals surface area (Å²) >= 11 is 0. The monoisotopic (exact) mass is 278 g/mol. The van der Waals surface area contributed by atoms with Crippen molar-refractivity contribution in [3.8, 4) is 5.75 Å². The van der Waals surface area contributed by atoms with Crippen molar-refractivity contribution < 1.29 is 14.6 Å². The van der Waals surface area contributed by atoms with E-state index in [0.717, 1.165) is 0 Å². The van der Waals surface area contributed by atoms with Crippen LogP contribution >= 0.6 is 0 Å². The van der Waals surface area contributed by atoms with E-state index in [2.05, 4.69) is 15.3 Å². The van der Waals surface area contributed by atoms with Gasteiger partial charge in [-0.25, -0.2) is 4.79 Å². The molecular formula is C13H18N4O3. The maximum atomic E-state index is 11.7. The minimum absolute atomic E-state index is 0.196. The second-order valence-corrected chi connectivity index (χ2v) is 4.17. The number of carboxylic acids is 1. The first kappa shape index (κ1) is 15.8. The molecule has 7 heteroatoms. The van der Waals surface area contributed by atoms with Crippen LogP contribution in [0.1, 0.15) is 18.9 Å². The van der Waals surface area contributed by atoms with Crippen molar-refractivity contribution >= 4 is 5.97 Å². The summed E-state index contributed by atoms with van der Waals surface area (Å²) in [6.07, 6.45) is 0.366. The van der Waals surface area contributed by atoms with Gasteiger partial charge in [0.05, 0.1) is 7.11 Å². The molecule has 0 fully saturated rings. The lowest BCUT2D eigenvalue weighted by molar-refractivity contribution is -0.145. The molecule has 0 bridgehead atoms. The topological polar surface area (TPSA) is 107 Å². The first-order valence-corrected chi connectivity index (χ1v) is 6.24. The number of rotatable bonds is 8. The molecule has 0 aliphatic heterocycles. The lowest BCUT2D eigenvalue weighted by Gasteiger charge is -2.30. The molecule has 0 saturated heterocycles. The zero-order valence-electron chi connectivity index (χ0n) is 11.5. The number of aliphatic carboxylic acids is 1. The predicted molar refractivity (Wildman–Crippen MR) is 74.6 cm³/mol. The van der Waals surface area contributed by atoms with Gasteiger partial charge in [0.2, 0.25) is 0 Å². The summed E-state index contributed by atoms with van der Waals surface area (Å²) in [5.74, 6) is -0.302. The molecule has 7 nitrogen and oxygen atoms in total. The molecule has 2 N–H and O–H groups in total. The molecule has 1 aromatic rings. The Bertz CT molecular complexity index is 497. The second kappa shape index (κ2) is 7.37. The molecule has 1 rings (SSSR count). The Labute approximate surface area is 117 Å². The van der Waals surface area contributed by atoms with Gasteiger partial charge in [0, 0.05) is 18.0 Å². The Morgan fingerprint density at radius 1 is 1.50 bits per heavy atom. The maximum absolute atomic E-state index is 11.7. The third-order valence-corrected chi connectivity index (χ3v) is 3.18. The summed E-state index contributed by atoms with van der Waals surface area (Å²) in [5.41, 5.74) is 7.67. The highest BCUT2D eigenvalue weighted by molar-refractivity contribution is 5.80. The average molecular weight is 278 g/mol. The number of azide groups is 1. The van der Waals surface area contributed by atoms with Gasteiger partial charge in [0.25, 0.3) is 0 Å². The molecule has 0 aliphatic carbocycles. The largest absolute Gasteiger partial charge is 0.497 e. The number of carbonyl (C=O) groups is 1. The number of ether oxygens (including phenoxy) is 1. The summed E-state index contributed by atoms with van der Waals surface area (Å²) < 4.78 is 5.07. The van der Waals surface area contributed by atoms with Crippen LogP contribution in [0.25, 0.3) is 10.4 Å². The second-order valence-electron chi connectivity index (χ2n) is 4.17. The molecule has 0 amide bonds. The van der Waals surface area contributed by atoms with Crippen LogP contribution in [0, 0.1) is 0 Å². The molecule has 0 saturated carbocycles. The van der Waals surface area contributed by atoms with Crippen LogP contribution in [0.4, 0.5) is 0 Å². The van der Waals surface area contributed by atoms with Crippen LogP contribution < -0.4 is 10.1 Å². The smallest absolute Gasteiger partial charge is 0.328 e. The van der Waals surface area contributed by atoms with E-state index in [4.69, 9.17) is 10.3 Å². The number of methoxy groups -OCH3 is 1. The fourth-order valence-electron chi connectivity index (χ4n) is 2.02. The zero-order valence-corrected chi connectivity index (χ0v) is 11.5. The van der Waals surface area contributed by atoms with E-state index >= 15 is 0 Å². The molecule has 108 valence electrons. The number of benzene rings is 1. The maximum Gasteiger partial charge on any atom is 0.328 e. The molecule has 20 heavy (non-hydrogen) atoms. The van der Waals surface area contributed by atoms with Crippen molar-refractivity contribution in [3.63, 3.8) is 0 Å². The van der Waals surface area contributed by atoms with Gasteiger partial charge in [-0.05, 0) is 29.6 Å². The number of nitrogens with one attached hydrogen (secondary N) is 1. The predicted octanol–water partition coefficient (Wildman–Crippen LogP) is 2.29. The van der Waals surface area contributed by atoms with Crippen LogP contribution in [0.3, 0.4) is 0 Å². The summed E-state index contributed by atoms with van der Waals surface area (Å²) in [5, 5.41) is 15.9. The van der Waals surface area contributed by atoms with E-state index in [9.17, 15) is 9.90 Å². The Kier molecular flexibility index (Phi) is 5.83. The summed E-state index contributed by atoms with van der Waals surface area (Å²) in [6.45, 7) is 2.27. The average Bonchev–Trinajstić information content (AvgIpc) is 2.48. The third-order valence-electron chi connectivity index (χ3n) is 3.18. The fourth-order valence-corrected chi connectivity index (χ4v) is 2.02. The summed E-state index contributed by atoms with van der Waals surface area (Å²) in [6, 6.07) is 6.88. The van der Waals surface area contributed by atoms with Crippen LogP contribution in [0.2, 0.25) is 0 Å². The van der Waals surface area contributed by atoms with E-state index < -0.39 is 11.5 Å². The Morgan fingerprint density at radius 3 is 2.60 bits per heavy atom. The minimum Gasteiger partial charge on any atom is -0.497 e. The quantitative estimate of drug-likeness (QED) is 0.329. The highest BCUT2D eigenvalue weighted by Gasteiger charge is 2.37. The van der Waals surface area contributed by atoms with E-state index in [1.807, 2.05) is 0 Å². The lowest BCUT2D eigenvalue weighted by atomic mass is 9.87. The van der Waals surface area contributed by atoms with Gasteiger partial charge in [-0.1, -0.05) is 24.2 Å². The standard InChI is InChI=1S/C13H18N4O3/c1-3-13(12(18)19,15-8-9-16-17-14)10-4-6-11(20-2)7-5-10/h4-7,15H,3,8-9H2,1-2H3,(H,18,19). The first-order valence-electron chi connectivity index (χ1n) is 6.24. The molecular weight excluding hydrogens is 260 g/mol. The molecule has 0 spiro atoms. The molecule has 1 atom stereocenters. The Hall–Kier alpha value is -2.24.